The molecule has 2 aromatic rings. The van der Waals surface area contributed by atoms with Gasteiger partial charge >= 0.3 is 5.97 Å². The lowest BCUT2D eigenvalue weighted by molar-refractivity contribution is -0.132. The molecule has 0 fully saturated rings. The monoisotopic (exact) mass is 424 g/mol. The summed E-state index contributed by atoms with van der Waals surface area (Å²) in [6.45, 7) is 2.60. The van der Waals surface area contributed by atoms with Gasteiger partial charge in [-0.1, -0.05) is 12.1 Å². The highest BCUT2D eigenvalue weighted by atomic mass is 16.6. The zero-order valence-corrected chi connectivity index (χ0v) is 17.8. The molecule has 0 spiro atoms. The summed E-state index contributed by atoms with van der Waals surface area (Å²) in [5, 5.41) is 21.9. The Hall–Kier alpha value is -3.83. The number of aliphatic hydroxyl groups excluding tert-OH is 1. The fraction of sp³-hybridized carbons (Fsp3) is 0.261. The lowest BCUT2D eigenvalue weighted by Crippen LogP contribution is -2.27. The molecule has 2 aromatic carbocycles. The minimum atomic E-state index is -0.570. The fourth-order valence-corrected chi connectivity index (χ4v) is 2.88. The molecule has 0 aliphatic rings. The third-order valence-electron chi connectivity index (χ3n) is 4.41. The number of amides is 1. The Morgan fingerprint density at radius 2 is 1.97 bits per heavy atom. The minimum absolute atomic E-state index is 0.0873. The van der Waals surface area contributed by atoms with Crippen molar-refractivity contribution in [2.24, 2.45) is 0 Å². The van der Waals surface area contributed by atoms with Gasteiger partial charge in [0.05, 0.1) is 26.9 Å². The molecule has 2 N–H and O–H groups in total. The van der Waals surface area contributed by atoms with Crippen LogP contribution in [0.2, 0.25) is 0 Å². The summed E-state index contributed by atoms with van der Waals surface area (Å²) in [5.74, 6) is -0.197. The largest absolute Gasteiger partial charge is 0.497 e. The third-order valence-corrected chi connectivity index (χ3v) is 4.41. The van der Waals surface area contributed by atoms with Gasteiger partial charge in [-0.05, 0) is 48.4 Å². The molecule has 0 radical (unpaired) electrons. The maximum atomic E-state index is 12.7. The fourth-order valence-electron chi connectivity index (χ4n) is 2.88. The van der Waals surface area contributed by atoms with Crippen molar-refractivity contribution in [1.82, 2.24) is 5.32 Å². The minimum Gasteiger partial charge on any atom is -0.497 e. The van der Waals surface area contributed by atoms with Gasteiger partial charge in [0.2, 0.25) is 0 Å². The van der Waals surface area contributed by atoms with E-state index in [1.54, 1.807) is 26.2 Å². The molecule has 162 valence electrons. The summed E-state index contributed by atoms with van der Waals surface area (Å²) < 4.78 is 15.5. The molecule has 1 amide bonds. The molecule has 0 unspecified atom stereocenters. The Kier molecular flexibility index (Phi) is 8.17. The van der Waals surface area contributed by atoms with Gasteiger partial charge in [0.1, 0.15) is 17.4 Å². The highest BCUT2D eigenvalue weighted by Crippen LogP contribution is 2.34. The molecule has 0 aromatic heterocycles. The zero-order valence-electron chi connectivity index (χ0n) is 17.8. The van der Waals surface area contributed by atoms with Crippen LogP contribution in [0, 0.1) is 11.3 Å². The van der Waals surface area contributed by atoms with Gasteiger partial charge in [-0.2, -0.15) is 5.26 Å². The lowest BCUT2D eigenvalue weighted by Gasteiger charge is -2.15. The van der Waals surface area contributed by atoms with Crippen LogP contribution in [0.1, 0.15) is 36.6 Å². The van der Waals surface area contributed by atoms with Gasteiger partial charge in [0.15, 0.2) is 11.5 Å². The quantitative estimate of drug-likeness (QED) is 0.289. The van der Waals surface area contributed by atoms with Crippen LogP contribution in [-0.4, -0.2) is 31.2 Å². The van der Waals surface area contributed by atoms with Gasteiger partial charge in [-0.3, -0.25) is 9.59 Å². The number of methoxy groups -OCH3 is 2. The number of ether oxygens (including phenoxy) is 3. The number of nitrogens with zero attached hydrogens (tertiary/aromatic N) is 1. The van der Waals surface area contributed by atoms with E-state index in [9.17, 15) is 20.0 Å². The van der Waals surface area contributed by atoms with Crippen LogP contribution in [0.25, 0.3) is 6.08 Å². The summed E-state index contributed by atoms with van der Waals surface area (Å²) in [6.07, 6.45) is 1.37. The molecule has 31 heavy (non-hydrogen) atoms. The molecule has 0 heterocycles. The molecule has 8 heteroatoms. The third kappa shape index (κ3) is 6.07. The van der Waals surface area contributed by atoms with E-state index in [1.165, 1.54) is 32.2 Å². The predicted octanol–water partition coefficient (Wildman–Crippen LogP) is 2.91. The van der Waals surface area contributed by atoms with Crippen LogP contribution in [0.4, 0.5) is 0 Å². The first-order valence-corrected chi connectivity index (χ1v) is 9.39. The number of aliphatic hydroxyl groups is 1. The number of rotatable bonds is 8. The number of nitrogens with one attached hydrogen (secondary N) is 1. The van der Waals surface area contributed by atoms with E-state index < -0.39 is 18.5 Å². The normalized spacial score (nSPS) is 11.8. The van der Waals surface area contributed by atoms with Crippen molar-refractivity contribution in [3.8, 4) is 23.3 Å². The summed E-state index contributed by atoms with van der Waals surface area (Å²) >= 11 is 0. The SMILES string of the molecule is COc1cccc([C@H](C)NC(=O)/C(C#N)=C/c2cc(CO)c(OC(C)=O)c(OC)c2)c1. The second-order valence-corrected chi connectivity index (χ2v) is 6.60. The molecule has 2 rings (SSSR count). The van der Waals surface area contributed by atoms with Crippen molar-refractivity contribution >= 4 is 18.0 Å². The van der Waals surface area contributed by atoms with Crippen molar-refractivity contribution in [3.63, 3.8) is 0 Å². The van der Waals surface area contributed by atoms with Crippen molar-refractivity contribution < 1.29 is 28.9 Å². The van der Waals surface area contributed by atoms with Crippen molar-refractivity contribution in [2.75, 3.05) is 14.2 Å². The molecule has 0 saturated heterocycles. The Bertz CT molecular complexity index is 1010. The van der Waals surface area contributed by atoms with Crippen molar-refractivity contribution in [1.29, 1.82) is 5.26 Å². The van der Waals surface area contributed by atoms with E-state index in [0.29, 0.717) is 11.3 Å². The van der Waals surface area contributed by atoms with E-state index in [2.05, 4.69) is 5.32 Å². The van der Waals surface area contributed by atoms with E-state index in [4.69, 9.17) is 14.2 Å². The van der Waals surface area contributed by atoms with E-state index in [-0.39, 0.29) is 28.7 Å². The highest BCUT2D eigenvalue weighted by molar-refractivity contribution is 6.02. The van der Waals surface area contributed by atoms with Crippen molar-refractivity contribution in [2.45, 2.75) is 26.5 Å². The first-order valence-electron chi connectivity index (χ1n) is 9.39. The molecular weight excluding hydrogens is 400 g/mol. The number of hydrogen-bond acceptors (Lipinski definition) is 7. The lowest BCUT2D eigenvalue weighted by atomic mass is 10.0. The van der Waals surface area contributed by atoms with Crippen LogP contribution in [0.3, 0.4) is 0 Å². The van der Waals surface area contributed by atoms with E-state index in [1.807, 2.05) is 18.2 Å². The Morgan fingerprint density at radius 3 is 2.55 bits per heavy atom. The van der Waals surface area contributed by atoms with Crippen molar-refractivity contribution in [3.05, 3.63) is 58.7 Å². The Labute approximate surface area is 180 Å². The van der Waals surface area contributed by atoms with Crippen LogP contribution < -0.4 is 19.5 Å². The topological polar surface area (TPSA) is 118 Å². The van der Waals surface area contributed by atoms with Crippen LogP contribution in [0.5, 0.6) is 17.2 Å². The maximum Gasteiger partial charge on any atom is 0.308 e. The highest BCUT2D eigenvalue weighted by Gasteiger charge is 2.17. The Morgan fingerprint density at radius 1 is 1.23 bits per heavy atom. The first-order chi connectivity index (χ1) is 14.8. The predicted molar refractivity (Wildman–Crippen MR) is 113 cm³/mol. The molecule has 1 atom stereocenters. The number of hydrogen-bond donors (Lipinski definition) is 2. The number of carbonyl (C=O) groups is 2. The number of carbonyl (C=O) groups excluding carboxylic acids is 2. The maximum absolute atomic E-state index is 12.7. The molecule has 0 aliphatic heterocycles. The average Bonchev–Trinajstić information content (AvgIpc) is 2.77. The standard InChI is InChI=1S/C23H24N2O6/c1-14(17-6-5-7-20(11-17)29-3)25-23(28)18(12-24)8-16-9-19(13-26)22(31-15(2)27)21(10-16)30-4/h5-11,14,26H,13H2,1-4H3,(H,25,28)/b18-8+/t14-/m0/s1. The molecule has 0 aliphatic carbocycles. The Balaban J connectivity index is 2.32. The van der Waals surface area contributed by atoms with Gasteiger partial charge in [-0.25, -0.2) is 0 Å². The molecular formula is C23H24N2O6. The van der Waals surface area contributed by atoms with Gasteiger partial charge < -0.3 is 24.6 Å². The van der Waals surface area contributed by atoms with Crippen LogP contribution in [0.15, 0.2) is 42.0 Å². The second-order valence-electron chi connectivity index (χ2n) is 6.60. The second kappa shape index (κ2) is 10.8. The zero-order chi connectivity index (χ0) is 23.0. The van der Waals surface area contributed by atoms with Crippen LogP contribution >= 0.6 is 0 Å². The molecule has 8 nitrogen and oxygen atoms in total. The van der Waals surface area contributed by atoms with E-state index in [0.717, 1.165) is 5.56 Å². The summed E-state index contributed by atoms with van der Waals surface area (Å²) in [6, 6.07) is 11.8. The van der Waals surface area contributed by atoms with Gasteiger partial charge in [0.25, 0.3) is 5.91 Å². The smallest absolute Gasteiger partial charge is 0.308 e. The van der Waals surface area contributed by atoms with Crippen LogP contribution in [-0.2, 0) is 16.2 Å². The average molecular weight is 424 g/mol. The van der Waals surface area contributed by atoms with Gasteiger partial charge in [-0.15, -0.1) is 0 Å². The first kappa shape index (κ1) is 23.4. The summed E-state index contributed by atoms with van der Waals surface area (Å²) in [7, 11) is 2.94. The molecule has 0 saturated carbocycles. The summed E-state index contributed by atoms with van der Waals surface area (Å²) in [5.41, 5.74) is 1.39. The number of benzene rings is 2. The number of nitriles is 1. The van der Waals surface area contributed by atoms with E-state index >= 15 is 0 Å². The number of esters is 1. The molecule has 0 bridgehead atoms. The van der Waals surface area contributed by atoms with Gasteiger partial charge in [0, 0.05) is 12.5 Å². The summed E-state index contributed by atoms with van der Waals surface area (Å²) in [4.78, 5) is 24.0.